The van der Waals surface area contributed by atoms with Gasteiger partial charge < -0.3 is 15.5 Å². The Kier molecular flexibility index (Phi) is 3.31. The number of rotatable bonds is 1. The maximum absolute atomic E-state index is 14.3. The Morgan fingerprint density at radius 3 is 2.91 bits per heavy atom. The van der Waals surface area contributed by atoms with Crippen LogP contribution in [-0.2, 0) is 0 Å². The zero-order valence-corrected chi connectivity index (χ0v) is 11.7. The third kappa shape index (κ3) is 2.01. The Morgan fingerprint density at radius 2 is 2.23 bits per heavy atom. The van der Waals surface area contributed by atoms with Crippen molar-refractivity contribution in [3.8, 4) is 11.9 Å². The average molecular weight is 319 g/mol. The van der Waals surface area contributed by atoms with Gasteiger partial charge in [-0.2, -0.15) is 5.26 Å². The van der Waals surface area contributed by atoms with E-state index in [9.17, 15) is 14.4 Å². The monoisotopic (exact) mass is 318 g/mol. The zero-order chi connectivity index (χ0) is 15.9. The number of halogens is 2. The number of H-pyrrole nitrogens is 1. The minimum atomic E-state index is -1.08. The number of aromatic amines is 1. The molecule has 1 aliphatic heterocycles. The van der Waals surface area contributed by atoms with Crippen molar-refractivity contribution in [2.75, 3.05) is 0 Å². The van der Waals surface area contributed by atoms with Gasteiger partial charge in [0.1, 0.15) is 17.5 Å². The van der Waals surface area contributed by atoms with Crippen LogP contribution < -0.4 is 16.0 Å². The molecule has 0 bridgehead atoms. The molecular formula is C14H8ClFN4O2. The maximum Gasteiger partial charge on any atom is 0.258 e. The van der Waals surface area contributed by atoms with Crippen LogP contribution in [0, 0.1) is 17.1 Å². The predicted octanol–water partition coefficient (Wildman–Crippen LogP) is 1.78. The molecule has 0 unspecified atom stereocenters. The molecule has 8 heteroatoms. The normalized spacial score (nSPS) is 16.7. The first-order chi connectivity index (χ1) is 10.5. The second-order valence-corrected chi connectivity index (χ2v) is 4.92. The number of hydrogen-bond donors (Lipinski definition) is 2. The third-order valence-electron chi connectivity index (χ3n) is 3.31. The van der Waals surface area contributed by atoms with E-state index in [1.165, 1.54) is 18.2 Å². The highest BCUT2D eigenvalue weighted by atomic mass is 35.5. The van der Waals surface area contributed by atoms with E-state index in [0.29, 0.717) is 0 Å². The van der Waals surface area contributed by atoms with Gasteiger partial charge in [-0.3, -0.25) is 4.79 Å². The molecule has 1 aromatic heterocycles. The number of nitriles is 1. The quantitative estimate of drug-likeness (QED) is 0.834. The fourth-order valence-corrected chi connectivity index (χ4v) is 2.64. The van der Waals surface area contributed by atoms with E-state index in [1.807, 2.05) is 6.07 Å². The van der Waals surface area contributed by atoms with Crippen molar-refractivity contribution in [1.82, 2.24) is 9.97 Å². The summed E-state index contributed by atoms with van der Waals surface area (Å²) in [7, 11) is 0. The van der Waals surface area contributed by atoms with Gasteiger partial charge >= 0.3 is 0 Å². The third-order valence-corrected chi connectivity index (χ3v) is 3.64. The zero-order valence-electron chi connectivity index (χ0n) is 10.9. The molecule has 6 nitrogen and oxygen atoms in total. The number of nitrogens with two attached hydrogens (primary N) is 1. The summed E-state index contributed by atoms with van der Waals surface area (Å²) in [5.74, 6) is -2.06. The van der Waals surface area contributed by atoms with Crippen LogP contribution in [0.25, 0.3) is 0 Å². The fourth-order valence-electron chi connectivity index (χ4n) is 2.37. The Labute approximate surface area is 128 Å². The predicted molar refractivity (Wildman–Crippen MR) is 75.6 cm³/mol. The van der Waals surface area contributed by atoms with Gasteiger partial charge in [0.05, 0.1) is 17.8 Å². The highest BCUT2D eigenvalue weighted by Crippen LogP contribution is 2.42. The molecule has 22 heavy (non-hydrogen) atoms. The van der Waals surface area contributed by atoms with Crippen molar-refractivity contribution in [2.24, 2.45) is 5.73 Å². The summed E-state index contributed by atoms with van der Waals surface area (Å²) in [5, 5.41) is 9.40. The van der Waals surface area contributed by atoms with Crippen molar-refractivity contribution < 1.29 is 9.13 Å². The molecule has 1 atom stereocenters. The van der Waals surface area contributed by atoms with Gasteiger partial charge in [-0.1, -0.05) is 17.7 Å². The Bertz CT molecular complexity index is 880. The van der Waals surface area contributed by atoms with E-state index in [4.69, 9.17) is 22.1 Å². The van der Waals surface area contributed by atoms with Gasteiger partial charge in [0.2, 0.25) is 11.8 Å². The van der Waals surface area contributed by atoms with Crippen LogP contribution >= 0.6 is 11.6 Å². The molecule has 0 saturated carbocycles. The highest BCUT2D eigenvalue weighted by Gasteiger charge is 2.36. The van der Waals surface area contributed by atoms with Crippen molar-refractivity contribution in [2.45, 2.75) is 5.92 Å². The molecule has 110 valence electrons. The summed E-state index contributed by atoms with van der Waals surface area (Å²) in [4.78, 5) is 18.4. The lowest BCUT2D eigenvalue weighted by molar-refractivity contribution is 0.374. The van der Waals surface area contributed by atoms with Gasteiger partial charge in [0, 0.05) is 10.6 Å². The SMILES string of the molecule is N#CC1=C(N)Oc2nc[nH]c(=O)c2[C@H]1c1c(F)cccc1Cl. The number of hydrogen-bond acceptors (Lipinski definition) is 5. The van der Waals surface area contributed by atoms with Gasteiger partial charge in [0.25, 0.3) is 5.56 Å². The lowest BCUT2D eigenvalue weighted by atomic mass is 9.85. The second kappa shape index (κ2) is 5.16. The van der Waals surface area contributed by atoms with E-state index in [0.717, 1.165) is 6.33 Å². The molecule has 1 aromatic carbocycles. The molecule has 3 rings (SSSR count). The first kappa shape index (κ1) is 14.1. The molecule has 0 radical (unpaired) electrons. The van der Waals surface area contributed by atoms with Crippen LogP contribution in [0.2, 0.25) is 5.02 Å². The topological polar surface area (TPSA) is 105 Å². The molecule has 0 spiro atoms. The maximum atomic E-state index is 14.3. The molecule has 0 amide bonds. The van der Waals surface area contributed by atoms with E-state index in [2.05, 4.69) is 9.97 Å². The summed E-state index contributed by atoms with van der Waals surface area (Å²) in [5.41, 5.74) is 5.00. The summed E-state index contributed by atoms with van der Waals surface area (Å²) >= 11 is 6.07. The van der Waals surface area contributed by atoms with Crippen LogP contribution in [0.5, 0.6) is 5.88 Å². The smallest absolute Gasteiger partial charge is 0.258 e. The summed E-state index contributed by atoms with van der Waals surface area (Å²) in [6.07, 6.45) is 1.13. The minimum Gasteiger partial charge on any atom is -0.422 e. The molecule has 3 N–H and O–H groups in total. The first-order valence-corrected chi connectivity index (χ1v) is 6.51. The van der Waals surface area contributed by atoms with Crippen molar-refractivity contribution >= 4 is 11.6 Å². The lowest BCUT2D eigenvalue weighted by Crippen LogP contribution is -2.28. The lowest BCUT2D eigenvalue weighted by Gasteiger charge is -2.25. The van der Waals surface area contributed by atoms with Crippen LogP contribution in [0.15, 0.2) is 40.8 Å². The molecular weight excluding hydrogens is 311 g/mol. The molecule has 2 aromatic rings. The van der Waals surface area contributed by atoms with E-state index >= 15 is 0 Å². The van der Waals surface area contributed by atoms with Gasteiger partial charge in [0.15, 0.2) is 0 Å². The number of benzene rings is 1. The number of ether oxygens (including phenoxy) is 1. The Morgan fingerprint density at radius 1 is 1.45 bits per heavy atom. The van der Waals surface area contributed by atoms with E-state index < -0.39 is 17.3 Å². The van der Waals surface area contributed by atoms with Gasteiger partial charge in [-0.05, 0) is 12.1 Å². The van der Waals surface area contributed by atoms with Gasteiger partial charge in [-0.15, -0.1) is 0 Å². The fraction of sp³-hybridized carbons (Fsp3) is 0.0714. The molecule has 0 aliphatic carbocycles. The molecule has 0 fully saturated rings. The Hall–Kier alpha value is -2.85. The average Bonchev–Trinajstić information content (AvgIpc) is 2.46. The summed E-state index contributed by atoms with van der Waals surface area (Å²) < 4.78 is 19.5. The van der Waals surface area contributed by atoms with Crippen LogP contribution in [-0.4, -0.2) is 9.97 Å². The van der Waals surface area contributed by atoms with E-state index in [-0.39, 0.29) is 33.5 Å². The standard InChI is InChI=1S/C14H8ClFN4O2/c15-7-2-1-3-8(16)10(7)9-6(4-17)12(18)22-14-11(9)13(21)19-5-20-14/h1-3,5,9H,18H2,(H,19,20,21)/t9-/m1/s1. The van der Waals surface area contributed by atoms with E-state index in [1.54, 1.807) is 0 Å². The van der Waals surface area contributed by atoms with Crippen molar-refractivity contribution in [1.29, 1.82) is 5.26 Å². The van der Waals surface area contributed by atoms with Crippen molar-refractivity contribution in [3.05, 3.63) is 68.3 Å². The largest absolute Gasteiger partial charge is 0.422 e. The van der Waals surface area contributed by atoms with Crippen LogP contribution in [0.3, 0.4) is 0 Å². The molecule has 2 heterocycles. The molecule has 0 saturated heterocycles. The summed E-state index contributed by atoms with van der Waals surface area (Å²) in [6, 6.07) is 5.92. The number of allylic oxidation sites excluding steroid dienone is 1. The second-order valence-electron chi connectivity index (χ2n) is 4.51. The van der Waals surface area contributed by atoms with Crippen LogP contribution in [0.4, 0.5) is 4.39 Å². The van der Waals surface area contributed by atoms with Crippen LogP contribution in [0.1, 0.15) is 17.0 Å². The minimum absolute atomic E-state index is 0.0137. The molecule has 1 aliphatic rings. The first-order valence-electron chi connectivity index (χ1n) is 6.13. The number of aromatic nitrogens is 2. The van der Waals surface area contributed by atoms with Crippen molar-refractivity contribution in [3.63, 3.8) is 0 Å². The Balaban J connectivity index is 2.39. The summed E-state index contributed by atoms with van der Waals surface area (Å²) in [6.45, 7) is 0. The number of fused-ring (bicyclic) bond motifs is 1. The highest BCUT2D eigenvalue weighted by molar-refractivity contribution is 6.31. The number of nitrogens with zero attached hydrogens (tertiary/aromatic N) is 2. The number of nitrogens with one attached hydrogen (secondary N) is 1. The van der Waals surface area contributed by atoms with Gasteiger partial charge in [-0.25, -0.2) is 9.37 Å².